The molecule has 2 rings (SSSR count). The van der Waals surface area contributed by atoms with E-state index in [0.717, 1.165) is 0 Å². The molecule has 0 atom stereocenters. The minimum absolute atomic E-state index is 0. The first kappa shape index (κ1) is 24.6. The van der Waals surface area contributed by atoms with Crippen molar-refractivity contribution < 1.29 is 45.7 Å². The Morgan fingerprint density at radius 3 is 1.29 bits per heavy atom. The fourth-order valence-electron chi connectivity index (χ4n) is 4.43. The molecule has 0 aromatic heterocycles. The first-order chi connectivity index (χ1) is 10.6. The van der Waals surface area contributed by atoms with Crippen LogP contribution in [0.1, 0.15) is 52.4 Å². The van der Waals surface area contributed by atoms with Crippen molar-refractivity contribution in [3.8, 4) is 0 Å². The van der Waals surface area contributed by atoms with Gasteiger partial charge in [0.1, 0.15) is 0 Å². The third kappa shape index (κ3) is 5.32. The van der Waals surface area contributed by atoms with Crippen LogP contribution < -0.4 is 24.8 Å². The zero-order valence-electron chi connectivity index (χ0n) is 15.7. The van der Waals surface area contributed by atoms with E-state index < -0.39 is 26.8 Å². The Morgan fingerprint density at radius 2 is 1.04 bits per heavy atom. The predicted octanol–water partition coefficient (Wildman–Crippen LogP) is 0.546. The molecule has 0 nitrogen and oxygen atoms in total. The molecule has 0 saturated heterocycles. The molecule has 4 heteroatoms. The van der Waals surface area contributed by atoms with Crippen LogP contribution in [-0.4, -0.2) is 5.92 Å². The number of halogens is 2. The molecule has 0 unspecified atom stereocenters. The normalized spacial score (nSPS) is 18.7. The summed E-state index contributed by atoms with van der Waals surface area (Å²) >= 11 is -1.68. The van der Waals surface area contributed by atoms with Gasteiger partial charge in [0.2, 0.25) is 0 Å². The van der Waals surface area contributed by atoms with Gasteiger partial charge >= 0.3 is 147 Å². The Labute approximate surface area is 171 Å². The molecular weight excluding hydrogens is 430 g/mol. The number of hydrogen-bond acceptors (Lipinski definition) is 0. The number of unbranched alkanes of at least 4 members (excludes halogenated alkanes) is 2. The molecule has 0 N–H and O–H groups in total. The monoisotopic (exact) mass is 461 g/mol. The molecule has 0 saturated carbocycles. The minimum Gasteiger partial charge on any atom is -1.00 e. The molecule has 2 aliphatic rings. The second kappa shape index (κ2) is 11.4. The van der Waals surface area contributed by atoms with Gasteiger partial charge < -0.3 is 24.8 Å². The molecule has 0 aromatic carbocycles. The Hall–Kier alpha value is 0.640. The van der Waals surface area contributed by atoms with Crippen LogP contribution in [0.15, 0.2) is 48.6 Å². The first-order valence-electron chi connectivity index (χ1n) is 9.22. The largest absolute Gasteiger partial charge is 1.00 e. The second-order valence-electron chi connectivity index (χ2n) is 7.29. The molecule has 0 aromatic rings. The summed E-state index contributed by atoms with van der Waals surface area (Å²) in [6.07, 6.45) is 28.1. The van der Waals surface area contributed by atoms with Crippen LogP contribution in [-0.2, 0) is 20.9 Å². The average molecular weight is 464 g/mol. The molecule has 0 spiro atoms. The van der Waals surface area contributed by atoms with Gasteiger partial charge in [0.25, 0.3) is 0 Å². The van der Waals surface area contributed by atoms with E-state index in [1.165, 1.54) is 38.5 Å². The zero-order valence-corrected chi connectivity index (χ0v) is 20.8. The van der Waals surface area contributed by atoms with Crippen LogP contribution in [0.5, 0.6) is 0 Å². The average Bonchev–Trinajstić information content (AvgIpc) is 3.14. The van der Waals surface area contributed by atoms with Crippen molar-refractivity contribution in [2.45, 2.75) is 71.7 Å². The van der Waals surface area contributed by atoms with Gasteiger partial charge in [-0.3, -0.25) is 0 Å². The van der Waals surface area contributed by atoms with E-state index in [1.54, 1.807) is 0 Å². The molecule has 2 aliphatic carbocycles. The Bertz CT molecular complexity index is 416. The molecular formula is C20H33Cl2SiZr. The summed E-state index contributed by atoms with van der Waals surface area (Å²) in [4.78, 5) is 0. The van der Waals surface area contributed by atoms with Gasteiger partial charge in [-0.05, 0) is 0 Å². The van der Waals surface area contributed by atoms with Gasteiger partial charge in [0.05, 0.1) is 0 Å². The fourth-order valence-corrected chi connectivity index (χ4v) is 33.5. The van der Waals surface area contributed by atoms with Crippen LogP contribution in [0, 0.1) is 0 Å². The maximum absolute atomic E-state index is 2.65. The summed E-state index contributed by atoms with van der Waals surface area (Å²) in [6.45, 7) is 9.98. The van der Waals surface area contributed by atoms with Crippen molar-refractivity contribution in [3.63, 3.8) is 0 Å². The van der Waals surface area contributed by atoms with Gasteiger partial charge in [0.15, 0.2) is 0 Å². The quantitative estimate of drug-likeness (QED) is 0.438. The van der Waals surface area contributed by atoms with Crippen LogP contribution in [0.3, 0.4) is 0 Å². The van der Waals surface area contributed by atoms with Gasteiger partial charge in [-0.2, -0.15) is 0 Å². The zero-order chi connectivity index (χ0) is 16.1. The molecule has 0 bridgehead atoms. The van der Waals surface area contributed by atoms with Crippen molar-refractivity contribution in [1.82, 2.24) is 0 Å². The molecule has 135 valence electrons. The Balaban J connectivity index is 0.00000264. The summed E-state index contributed by atoms with van der Waals surface area (Å²) in [5, 5.41) is 0. The van der Waals surface area contributed by atoms with Crippen LogP contribution in [0.2, 0.25) is 19.3 Å². The van der Waals surface area contributed by atoms with E-state index in [2.05, 4.69) is 75.5 Å². The van der Waals surface area contributed by atoms with Crippen LogP contribution >= 0.6 is 0 Å². The molecule has 0 radical (unpaired) electrons. The standard InChI is InChI=1S/2C9H13.C2H7Si.2ClH.Zr/c2*1-2-3-6-9-7-4-5-8-9;1-3-2;;;/h2*4-5,7-8H,2-3,6H2,1H3;3H,1-2H3;2*1H;/q;;;;;+2/p-2. The Morgan fingerprint density at radius 1 is 0.708 bits per heavy atom. The summed E-state index contributed by atoms with van der Waals surface area (Å²) in [5.41, 5.74) is 0. The third-order valence-electron chi connectivity index (χ3n) is 5.27. The molecule has 0 amide bonds. The number of hydrogen-bond donors (Lipinski definition) is 0. The van der Waals surface area contributed by atoms with Gasteiger partial charge in [0, 0.05) is 0 Å². The van der Waals surface area contributed by atoms with Crippen LogP contribution in [0.25, 0.3) is 0 Å². The fraction of sp³-hybridized carbons (Fsp3) is 0.600. The van der Waals surface area contributed by atoms with E-state index in [0.29, 0.717) is 6.25 Å². The van der Waals surface area contributed by atoms with Crippen molar-refractivity contribution in [2.24, 2.45) is 0 Å². The Kier molecular flexibility index (Phi) is 11.7. The van der Waals surface area contributed by atoms with Crippen molar-refractivity contribution >= 4 is 5.92 Å². The minimum atomic E-state index is -1.68. The van der Waals surface area contributed by atoms with E-state index in [4.69, 9.17) is 0 Å². The van der Waals surface area contributed by atoms with E-state index in [1.807, 2.05) is 0 Å². The van der Waals surface area contributed by atoms with Gasteiger partial charge in [-0.1, -0.05) is 0 Å². The SMILES string of the molecule is CCCC[C]1([Zr+2]([SiH](C)C)[C]2(CCCC)C=CC=C2)C=CC=C1.[Cl-].[Cl-]. The summed E-state index contributed by atoms with van der Waals surface area (Å²) in [6, 6.07) is 0. The third-order valence-corrected chi connectivity index (χ3v) is 29.1. The summed E-state index contributed by atoms with van der Waals surface area (Å²) in [7, 11) is 0. The van der Waals surface area contributed by atoms with Crippen molar-refractivity contribution in [3.05, 3.63) is 48.6 Å². The molecule has 0 fully saturated rings. The van der Waals surface area contributed by atoms with E-state index >= 15 is 0 Å². The molecule has 24 heavy (non-hydrogen) atoms. The maximum Gasteiger partial charge on any atom is -1.00 e. The topological polar surface area (TPSA) is 0 Å². The molecule has 0 heterocycles. The smallest absolute Gasteiger partial charge is 1.00 e. The van der Waals surface area contributed by atoms with E-state index in [-0.39, 0.29) is 24.8 Å². The molecule has 0 aliphatic heterocycles. The first-order valence-corrected chi connectivity index (χ1v) is 18.8. The van der Waals surface area contributed by atoms with Crippen molar-refractivity contribution in [2.75, 3.05) is 0 Å². The number of rotatable bonds is 9. The second-order valence-corrected chi connectivity index (χ2v) is 28.1. The van der Waals surface area contributed by atoms with Gasteiger partial charge in [-0.25, -0.2) is 0 Å². The van der Waals surface area contributed by atoms with Gasteiger partial charge in [-0.15, -0.1) is 0 Å². The van der Waals surface area contributed by atoms with Crippen molar-refractivity contribution in [1.29, 1.82) is 0 Å². The van der Waals surface area contributed by atoms with E-state index in [9.17, 15) is 0 Å². The summed E-state index contributed by atoms with van der Waals surface area (Å²) in [5.74, 6) is -0.620. The van der Waals surface area contributed by atoms with Crippen LogP contribution in [0.4, 0.5) is 0 Å². The number of allylic oxidation sites excluding steroid dienone is 8. The summed E-state index contributed by atoms with van der Waals surface area (Å²) < 4.78 is 1.01. The maximum atomic E-state index is 2.65. The predicted molar refractivity (Wildman–Crippen MR) is 99.9 cm³/mol.